The van der Waals surface area contributed by atoms with E-state index < -0.39 is 6.04 Å². The molecule has 0 amide bonds. The molecule has 3 aromatic rings. The predicted molar refractivity (Wildman–Crippen MR) is 116 cm³/mol. The number of phenolic OH excluding ortho intramolecular Hbond substituents is 1. The Balaban J connectivity index is 1.94. The van der Waals surface area contributed by atoms with Crippen LogP contribution in [0.15, 0.2) is 69.6 Å². The van der Waals surface area contributed by atoms with Crippen LogP contribution in [0.1, 0.15) is 31.0 Å². The van der Waals surface area contributed by atoms with E-state index in [2.05, 4.69) is 4.99 Å². The van der Waals surface area contributed by atoms with Crippen molar-refractivity contribution in [3.05, 3.63) is 90.6 Å². The topological polar surface area (TPSA) is 80.9 Å². The van der Waals surface area contributed by atoms with E-state index in [0.29, 0.717) is 26.4 Å². The van der Waals surface area contributed by atoms with Gasteiger partial charge < -0.3 is 9.84 Å². The van der Waals surface area contributed by atoms with E-state index in [9.17, 15) is 14.7 Å². The van der Waals surface area contributed by atoms with Gasteiger partial charge in [-0.1, -0.05) is 35.6 Å². The number of ketones is 1. The highest BCUT2D eigenvalue weighted by Gasteiger charge is 2.30. The molecular weight excluding hydrogens is 400 g/mol. The fraction of sp³-hybridized carbons (Fsp3) is 0.174. The Morgan fingerprint density at radius 2 is 1.83 bits per heavy atom. The molecule has 30 heavy (non-hydrogen) atoms. The zero-order valence-corrected chi connectivity index (χ0v) is 17.6. The smallest absolute Gasteiger partial charge is 0.271 e. The molecule has 0 unspecified atom stereocenters. The first kappa shape index (κ1) is 19.8. The van der Waals surface area contributed by atoms with Crippen LogP contribution in [0, 0.1) is 0 Å². The number of aromatic hydroxyl groups is 1. The molecule has 0 radical (unpaired) electrons. The number of methoxy groups -OCH3 is 1. The van der Waals surface area contributed by atoms with Gasteiger partial charge in [-0.15, -0.1) is 0 Å². The van der Waals surface area contributed by atoms with Gasteiger partial charge in [-0.25, -0.2) is 4.99 Å². The van der Waals surface area contributed by atoms with Crippen LogP contribution in [0.4, 0.5) is 0 Å². The van der Waals surface area contributed by atoms with Gasteiger partial charge in [-0.05, 0) is 55.3 Å². The van der Waals surface area contributed by atoms with E-state index in [1.165, 1.54) is 18.3 Å². The van der Waals surface area contributed by atoms with Gasteiger partial charge in [-0.2, -0.15) is 0 Å². The molecule has 0 aliphatic carbocycles. The summed E-state index contributed by atoms with van der Waals surface area (Å²) in [7, 11) is 1.59. The van der Waals surface area contributed by atoms with E-state index in [1.54, 1.807) is 48.9 Å². The molecule has 2 heterocycles. The summed E-state index contributed by atoms with van der Waals surface area (Å²) in [5.41, 5.74) is 2.51. The molecule has 1 aliphatic heterocycles. The zero-order valence-electron chi connectivity index (χ0n) is 16.7. The van der Waals surface area contributed by atoms with Gasteiger partial charge in [0.15, 0.2) is 10.6 Å². The minimum atomic E-state index is -0.549. The number of hydrogen-bond donors (Lipinski definition) is 1. The molecule has 0 saturated carbocycles. The summed E-state index contributed by atoms with van der Waals surface area (Å²) in [6.45, 7) is 3.29. The number of rotatable bonds is 4. The Morgan fingerprint density at radius 1 is 1.17 bits per heavy atom. The van der Waals surface area contributed by atoms with Crippen molar-refractivity contribution in [1.82, 2.24) is 4.57 Å². The normalized spacial score (nSPS) is 16.2. The molecule has 1 N–H and O–H groups in total. The second kappa shape index (κ2) is 7.76. The van der Waals surface area contributed by atoms with Crippen LogP contribution in [0.5, 0.6) is 11.5 Å². The number of Topliss-reactive ketones (excluding diaryl/α,β-unsaturated/α-hetero) is 1. The lowest BCUT2D eigenvalue weighted by Crippen LogP contribution is -2.39. The van der Waals surface area contributed by atoms with Gasteiger partial charge in [0.25, 0.3) is 5.56 Å². The highest BCUT2D eigenvalue weighted by atomic mass is 32.1. The average Bonchev–Trinajstić information content (AvgIpc) is 3.03. The lowest BCUT2D eigenvalue weighted by molar-refractivity contribution is -0.114. The molecule has 1 aromatic heterocycles. The van der Waals surface area contributed by atoms with E-state index in [1.807, 2.05) is 24.3 Å². The first-order valence-electron chi connectivity index (χ1n) is 9.35. The van der Waals surface area contributed by atoms with Crippen LogP contribution in [0.25, 0.3) is 6.08 Å². The maximum atomic E-state index is 13.3. The number of carbonyl (C=O) groups is 1. The number of ether oxygens (including phenoxy) is 1. The Labute approximate surface area is 176 Å². The summed E-state index contributed by atoms with van der Waals surface area (Å²) in [4.78, 5) is 30.9. The summed E-state index contributed by atoms with van der Waals surface area (Å²) in [5.74, 6) is 0.739. The molecule has 0 spiro atoms. The Bertz CT molecular complexity index is 1330. The zero-order chi connectivity index (χ0) is 21.4. The Morgan fingerprint density at radius 3 is 2.43 bits per heavy atom. The first-order valence-corrected chi connectivity index (χ1v) is 10.2. The number of carbonyl (C=O) groups excluding carboxylic acids is 1. The molecule has 7 heteroatoms. The fourth-order valence-corrected chi connectivity index (χ4v) is 4.64. The summed E-state index contributed by atoms with van der Waals surface area (Å²) in [6, 6.07) is 13.4. The molecule has 0 saturated heterocycles. The second-order valence-electron chi connectivity index (χ2n) is 7.00. The highest BCUT2D eigenvalue weighted by Crippen LogP contribution is 2.31. The first-order chi connectivity index (χ1) is 14.4. The number of benzene rings is 2. The van der Waals surface area contributed by atoms with Crippen LogP contribution >= 0.6 is 11.3 Å². The number of allylic oxidation sites excluding steroid dienone is 2. The molecule has 152 valence electrons. The third-order valence-corrected chi connectivity index (χ3v) is 6.01. The Kier molecular flexibility index (Phi) is 5.13. The van der Waals surface area contributed by atoms with Gasteiger partial charge in [0.05, 0.1) is 17.7 Å². The lowest BCUT2D eigenvalue weighted by atomic mass is 9.93. The summed E-state index contributed by atoms with van der Waals surface area (Å²) in [6.07, 6.45) is 1.77. The predicted octanol–water partition coefficient (Wildman–Crippen LogP) is 2.54. The van der Waals surface area contributed by atoms with Crippen LogP contribution in [-0.4, -0.2) is 22.6 Å². The van der Waals surface area contributed by atoms with Crippen molar-refractivity contribution in [2.45, 2.75) is 19.9 Å². The van der Waals surface area contributed by atoms with Crippen LogP contribution in [0.2, 0.25) is 0 Å². The van der Waals surface area contributed by atoms with Gasteiger partial charge in [0.1, 0.15) is 11.5 Å². The average molecular weight is 420 g/mol. The maximum absolute atomic E-state index is 13.3. The van der Waals surface area contributed by atoms with Crippen LogP contribution < -0.4 is 19.6 Å². The number of thiazole rings is 1. The number of fused-ring (bicyclic) bond motifs is 1. The lowest BCUT2D eigenvalue weighted by Gasteiger charge is -2.24. The standard InChI is InChI=1S/C23H20N2O4S/c1-13-20(14(2)26)21(16-6-10-18(29-3)11-7-16)25-22(28)19(30-23(25)24-13)12-15-4-8-17(27)9-5-15/h4-12,21,27H,1-3H3/b19-12+/t21-/m1/s1. The second-order valence-corrected chi connectivity index (χ2v) is 8.01. The molecule has 2 aromatic carbocycles. The van der Waals surface area contributed by atoms with Gasteiger partial charge in [0.2, 0.25) is 0 Å². The SMILES string of the molecule is COc1ccc([C@@H]2C(C(C)=O)=C(C)N=c3s/c(=C/c4ccc(O)cc4)c(=O)n32)cc1. The largest absolute Gasteiger partial charge is 0.508 e. The highest BCUT2D eigenvalue weighted by molar-refractivity contribution is 7.07. The number of phenols is 1. The molecule has 1 atom stereocenters. The number of hydrogen-bond acceptors (Lipinski definition) is 6. The van der Waals surface area contributed by atoms with Crippen molar-refractivity contribution >= 4 is 23.2 Å². The molecule has 1 aliphatic rings. The third kappa shape index (κ3) is 3.48. The number of aromatic nitrogens is 1. The molecule has 4 rings (SSSR count). The van der Waals surface area contributed by atoms with Crippen molar-refractivity contribution in [2.75, 3.05) is 7.11 Å². The van der Waals surface area contributed by atoms with Crippen molar-refractivity contribution < 1.29 is 14.6 Å². The van der Waals surface area contributed by atoms with E-state index >= 15 is 0 Å². The molecule has 6 nitrogen and oxygen atoms in total. The van der Waals surface area contributed by atoms with Crippen LogP contribution in [0.3, 0.4) is 0 Å². The van der Waals surface area contributed by atoms with Gasteiger partial charge in [-0.3, -0.25) is 14.2 Å². The summed E-state index contributed by atoms with van der Waals surface area (Å²) < 4.78 is 7.33. The number of nitrogens with zero attached hydrogens (tertiary/aromatic N) is 2. The minimum Gasteiger partial charge on any atom is -0.508 e. The van der Waals surface area contributed by atoms with E-state index in [-0.39, 0.29) is 17.1 Å². The molecular formula is C23H20N2O4S. The third-order valence-electron chi connectivity index (χ3n) is 5.02. The van der Waals surface area contributed by atoms with Crippen molar-refractivity contribution in [3.63, 3.8) is 0 Å². The monoisotopic (exact) mass is 420 g/mol. The van der Waals surface area contributed by atoms with E-state index in [0.717, 1.165) is 11.1 Å². The van der Waals surface area contributed by atoms with Crippen molar-refractivity contribution in [1.29, 1.82) is 0 Å². The van der Waals surface area contributed by atoms with Crippen molar-refractivity contribution in [3.8, 4) is 11.5 Å². The fourth-order valence-electron chi connectivity index (χ4n) is 3.59. The Hall–Kier alpha value is -3.45. The van der Waals surface area contributed by atoms with Crippen molar-refractivity contribution in [2.24, 2.45) is 4.99 Å². The van der Waals surface area contributed by atoms with Crippen LogP contribution in [-0.2, 0) is 4.79 Å². The minimum absolute atomic E-state index is 0.120. The maximum Gasteiger partial charge on any atom is 0.271 e. The molecule has 0 bridgehead atoms. The molecule has 0 fully saturated rings. The van der Waals surface area contributed by atoms with Gasteiger partial charge >= 0.3 is 0 Å². The van der Waals surface area contributed by atoms with Gasteiger partial charge in [0, 0.05) is 11.3 Å². The summed E-state index contributed by atoms with van der Waals surface area (Å²) in [5, 5.41) is 9.48. The summed E-state index contributed by atoms with van der Waals surface area (Å²) >= 11 is 1.28. The quantitative estimate of drug-likeness (QED) is 0.703. The van der Waals surface area contributed by atoms with E-state index in [4.69, 9.17) is 4.74 Å².